The number of aliphatic hydroxyl groups excluding tert-OH is 1. The molecule has 1 atom stereocenters. The second kappa shape index (κ2) is 10.8. The number of aliphatic hydroxyl groups is 1. The molecule has 186 valence electrons. The maximum absolute atomic E-state index is 13.2. The predicted octanol–water partition coefficient (Wildman–Crippen LogP) is 2.55. The largest absolute Gasteiger partial charge is 0.507 e. The van der Waals surface area contributed by atoms with Crippen LogP contribution >= 0.6 is 0 Å². The number of phenolic OH excluding ortho intramolecular Hbond substituents is 1. The van der Waals surface area contributed by atoms with Gasteiger partial charge in [-0.3, -0.25) is 14.5 Å². The van der Waals surface area contributed by atoms with Gasteiger partial charge in [-0.1, -0.05) is 6.07 Å². The summed E-state index contributed by atoms with van der Waals surface area (Å²) in [7, 11) is 1.54. The molecule has 9 heteroatoms. The number of phenols is 1. The molecule has 2 saturated heterocycles. The molecule has 1 unspecified atom stereocenters. The van der Waals surface area contributed by atoms with E-state index in [0.717, 1.165) is 13.1 Å². The molecule has 0 aromatic heterocycles. The zero-order valence-corrected chi connectivity index (χ0v) is 19.9. The Labute approximate surface area is 204 Å². The van der Waals surface area contributed by atoms with Crippen LogP contribution in [0.2, 0.25) is 0 Å². The first kappa shape index (κ1) is 24.6. The van der Waals surface area contributed by atoms with E-state index in [2.05, 4.69) is 4.90 Å². The van der Waals surface area contributed by atoms with E-state index in [1.54, 1.807) is 43.3 Å². The van der Waals surface area contributed by atoms with Gasteiger partial charge in [0.1, 0.15) is 11.5 Å². The van der Waals surface area contributed by atoms with Crippen LogP contribution in [0.15, 0.2) is 48.0 Å². The summed E-state index contributed by atoms with van der Waals surface area (Å²) in [6, 6.07) is 10.5. The highest BCUT2D eigenvalue weighted by Crippen LogP contribution is 2.41. The lowest BCUT2D eigenvalue weighted by atomic mass is 9.95. The van der Waals surface area contributed by atoms with E-state index in [-0.39, 0.29) is 22.8 Å². The zero-order valence-electron chi connectivity index (χ0n) is 19.9. The van der Waals surface area contributed by atoms with Crippen molar-refractivity contribution in [1.82, 2.24) is 9.80 Å². The Morgan fingerprint density at radius 2 is 1.80 bits per heavy atom. The average Bonchev–Trinajstić information content (AvgIpc) is 3.14. The number of hydrogen-bond donors (Lipinski definition) is 2. The number of morpholine rings is 1. The fourth-order valence-corrected chi connectivity index (χ4v) is 4.41. The number of Topliss-reactive ketones (excluding diaryl/α,β-unsaturated/α-hetero) is 1. The molecule has 2 aliphatic heterocycles. The Balaban J connectivity index is 1.76. The summed E-state index contributed by atoms with van der Waals surface area (Å²) >= 11 is 0. The predicted molar refractivity (Wildman–Crippen MR) is 129 cm³/mol. The molecule has 0 saturated carbocycles. The molecule has 0 aliphatic carbocycles. The Kier molecular flexibility index (Phi) is 7.57. The fraction of sp³-hybridized carbons (Fsp3) is 0.385. The van der Waals surface area contributed by atoms with Crippen molar-refractivity contribution in [2.24, 2.45) is 0 Å². The SMILES string of the molecule is CCOc1cc(C2/C(=C(/O)c3ccc(OC)cc3)C(=O)C(=O)N2CCN2CCOCC2)ccc1O. The second-order valence-corrected chi connectivity index (χ2v) is 8.34. The molecular formula is C26H30N2O7. The minimum atomic E-state index is -0.835. The minimum absolute atomic E-state index is 0.00437. The van der Waals surface area contributed by atoms with Crippen molar-refractivity contribution in [2.75, 3.05) is 53.1 Å². The van der Waals surface area contributed by atoms with Gasteiger partial charge in [0.2, 0.25) is 0 Å². The van der Waals surface area contributed by atoms with Crippen LogP contribution in [0.1, 0.15) is 24.1 Å². The minimum Gasteiger partial charge on any atom is -0.507 e. The third kappa shape index (κ3) is 5.11. The normalized spacial score (nSPS) is 20.3. The van der Waals surface area contributed by atoms with Crippen LogP contribution in [0.3, 0.4) is 0 Å². The van der Waals surface area contributed by atoms with Gasteiger partial charge < -0.3 is 29.3 Å². The summed E-state index contributed by atoms with van der Waals surface area (Å²) < 4.78 is 16.1. The Hall–Kier alpha value is -3.56. The lowest BCUT2D eigenvalue weighted by molar-refractivity contribution is -0.140. The summed E-state index contributed by atoms with van der Waals surface area (Å²) in [5.74, 6) is -0.898. The third-order valence-corrected chi connectivity index (χ3v) is 6.26. The Bertz CT molecular complexity index is 1110. The smallest absolute Gasteiger partial charge is 0.295 e. The summed E-state index contributed by atoms with van der Waals surface area (Å²) in [5.41, 5.74) is 0.948. The second-order valence-electron chi connectivity index (χ2n) is 8.34. The molecule has 2 aliphatic rings. The number of carbonyl (C=O) groups is 2. The first-order valence-electron chi connectivity index (χ1n) is 11.6. The Morgan fingerprint density at radius 3 is 2.46 bits per heavy atom. The number of carbonyl (C=O) groups excluding carboxylic acids is 2. The number of methoxy groups -OCH3 is 1. The van der Waals surface area contributed by atoms with Crippen LogP contribution in [0.5, 0.6) is 17.2 Å². The topological polar surface area (TPSA) is 109 Å². The van der Waals surface area contributed by atoms with E-state index in [0.29, 0.717) is 49.8 Å². The molecule has 35 heavy (non-hydrogen) atoms. The van der Waals surface area contributed by atoms with Gasteiger partial charge in [0.25, 0.3) is 11.7 Å². The van der Waals surface area contributed by atoms with Crippen LogP contribution in [-0.2, 0) is 14.3 Å². The summed E-state index contributed by atoms with van der Waals surface area (Å²) in [6.45, 7) is 5.71. The van der Waals surface area contributed by atoms with Crippen molar-refractivity contribution in [3.63, 3.8) is 0 Å². The van der Waals surface area contributed by atoms with Crippen molar-refractivity contribution in [1.29, 1.82) is 0 Å². The van der Waals surface area contributed by atoms with E-state index in [1.165, 1.54) is 18.1 Å². The van der Waals surface area contributed by atoms with E-state index >= 15 is 0 Å². The van der Waals surface area contributed by atoms with Gasteiger partial charge in [-0.2, -0.15) is 0 Å². The molecule has 2 heterocycles. The molecule has 2 aromatic carbocycles. The summed E-state index contributed by atoms with van der Waals surface area (Å²) in [6.07, 6.45) is 0. The number of ether oxygens (including phenoxy) is 3. The van der Waals surface area contributed by atoms with Gasteiger partial charge in [0.15, 0.2) is 11.5 Å². The quantitative estimate of drug-likeness (QED) is 0.336. The summed E-state index contributed by atoms with van der Waals surface area (Å²) in [4.78, 5) is 30.0. The maximum Gasteiger partial charge on any atom is 0.295 e. The summed E-state index contributed by atoms with van der Waals surface area (Å²) in [5, 5.41) is 21.4. The van der Waals surface area contributed by atoms with Crippen LogP contribution in [0, 0.1) is 0 Å². The number of likely N-dealkylation sites (tertiary alicyclic amines) is 1. The lowest BCUT2D eigenvalue weighted by Crippen LogP contribution is -2.42. The molecule has 2 aromatic rings. The van der Waals surface area contributed by atoms with Gasteiger partial charge in [-0.25, -0.2) is 0 Å². The van der Waals surface area contributed by atoms with E-state index in [9.17, 15) is 19.8 Å². The Morgan fingerprint density at radius 1 is 1.09 bits per heavy atom. The maximum atomic E-state index is 13.2. The zero-order chi connectivity index (χ0) is 24.9. The van der Waals surface area contributed by atoms with E-state index < -0.39 is 17.7 Å². The molecule has 0 radical (unpaired) electrons. The molecule has 1 amide bonds. The number of aromatic hydroxyl groups is 1. The molecule has 9 nitrogen and oxygen atoms in total. The molecular weight excluding hydrogens is 452 g/mol. The fourth-order valence-electron chi connectivity index (χ4n) is 4.41. The third-order valence-electron chi connectivity index (χ3n) is 6.26. The first-order chi connectivity index (χ1) is 16.9. The average molecular weight is 483 g/mol. The van der Waals surface area contributed by atoms with Gasteiger partial charge in [-0.05, 0) is 48.9 Å². The van der Waals surface area contributed by atoms with Crippen LogP contribution in [0.25, 0.3) is 5.76 Å². The standard InChI is InChI=1S/C26H30N2O7/c1-3-35-21-16-18(6-9-20(21)29)23-22(24(30)17-4-7-19(33-2)8-5-17)25(31)26(32)28(23)11-10-27-12-14-34-15-13-27/h4-9,16,23,29-30H,3,10-15H2,1-2H3/b24-22-. The number of benzene rings is 2. The van der Waals surface area contributed by atoms with Gasteiger partial charge >= 0.3 is 0 Å². The first-order valence-corrected chi connectivity index (χ1v) is 11.6. The van der Waals surface area contributed by atoms with Crippen molar-refractivity contribution in [2.45, 2.75) is 13.0 Å². The van der Waals surface area contributed by atoms with Crippen molar-refractivity contribution in [3.05, 3.63) is 59.2 Å². The highest BCUT2D eigenvalue weighted by molar-refractivity contribution is 6.46. The van der Waals surface area contributed by atoms with Crippen molar-refractivity contribution < 1.29 is 34.0 Å². The van der Waals surface area contributed by atoms with Crippen LogP contribution in [0.4, 0.5) is 0 Å². The van der Waals surface area contributed by atoms with E-state index in [4.69, 9.17) is 14.2 Å². The molecule has 4 rings (SSSR count). The number of amides is 1. The van der Waals surface area contributed by atoms with Gasteiger partial charge in [-0.15, -0.1) is 0 Å². The van der Waals surface area contributed by atoms with Gasteiger partial charge in [0, 0.05) is 31.7 Å². The highest BCUT2D eigenvalue weighted by atomic mass is 16.5. The number of ketones is 1. The lowest BCUT2D eigenvalue weighted by Gasteiger charge is -2.31. The highest BCUT2D eigenvalue weighted by Gasteiger charge is 2.46. The molecule has 2 N–H and O–H groups in total. The van der Waals surface area contributed by atoms with Crippen molar-refractivity contribution >= 4 is 17.4 Å². The number of rotatable bonds is 8. The van der Waals surface area contributed by atoms with E-state index in [1.807, 2.05) is 0 Å². The molecule has 2 fully saturated rings. The number of hydrogen-bond acceptors (Lipinski definition) is 8. The number of nitrogens with zero attached hydrogens (tertiary/aromatic N) is 2. The molecule has 0 spiro atoms. The monoisotopic (exact) mass is 482 g/mol. The van der Waals surface area contributed by atoms with Crippen molar-refractivity contribution in [3.8, 4) is 17.2 Å². The van der Waals surface area contributed by atoms with Crippen LogP contribution in [-0.4, -0.2) is 84.8 Å². The van der Waals surface area contributed by atoms with Gasteiger partial charge in [0.05, 0.1) is 38.5 Å². The van der Waals surface area contributed by atoms with Crippen LogP contribution < -0.4 is 9.47 Å². The molecule has 0 bridgehead atoms.